The molecular weight excluding hydrogens is 192 g/mol. The zero-order valence-electron chi connectivity index (χ0n) is 7.56. The third kappa shape index (κ3) is 5.04. The smallest absolute Gasteiger partial charge is 0.343 e. The van der Waals surface area contributed by atoms with Crippen molar-refractivity contribution < 1.29 is 29.0 Å². The van der Waals surface area contributed by atoms with Crippen molar-refractivity contribution in [2.24, 2.45) is 0 Å². The minimum atomic E-state index is -1.22. The fraction of sp³-hybridized carbons (Fsp3) is 0.375. The number of ether oxygens (including phenoxy) is 2. The molecule has 0 radical (unpaired) electrons. The van der Waals surface area contributed by atoms with Gasteiger partial charge in [0, 0.05) is 6.92 Å². The van der Waals surface area contributed by atoms with Gasteiger partial charge in [-0.15, -0.1) is 0 Å². The van der Waals surface area contributed by atoms with Crippen LogP contribution in [0.5, 0.6) is 0 Å². The van der Waals surface area contributed by atoms with E-state index >= 15 is 0 Å². The van der Waals surface area contributed by atoms with Crippen molar-refractivity contribution in [1.82, 2.24) is 0 Å². The SMILES string of the molecule is C=COC(C)=O.O=C1CC(O)C(=O)O1. The molecule has 1 fully saturated rings. The molecule has 1 saturated heterocycles. The molecule has 6 nitrogen and oxygen atoms in total. The van der Waals surface area contributed by atoms with Crippen molar-refractivity contribution in [1.29, 1.82) is 0 Å². The minimum Gasteiger partial charge on any atom is -0.435 e. The van der Waals surface area contributed by atoms with Crippen molar-refractivity contribution in [3.8, 4) is 0 Å². The summed E-state index contributed by atoms with van der Waals surface area (Å²) in [5.74, 6) is -1.82. The van der Waals surface area contributed by atoms with E-state index in [2.05, 4.69) is 16.1 Å². The lowest BCUT2D eigenvalue weighted by molar-refractivity contribution is -0.154. The molecule has 0 aromatic heterocycles. The second kappa shape index (κ2) is 5.87. The van der Waals surface area contributed by atoms with Crippen molar-refractivity contribution in [3.05, 3.63) is 12.8 Å². The topological polar surface area (TPSA) is 89.9 Å². The molecule has 1 aliphatic rings. The van der Waals surface area contributed by atoms with Crippen LogP contribution < -0.4 is 0 Å². The fourth-order valence-corrected chi connectivity index (χ4v) is 0.580. The number of carbonyl (C=O) groups excluding carboxylic acids is 3. The lowest BCUT2D eigenvalue weighted by atomic mass is 10.3. The molecule has 1 heterocycles. The molecule has 6 heteroatoms. The Morgan fingerprint density at radius 2 is 2.29 bits per heavy atom. The summed E-state index contributed by atoms with van der Waals surface area (Å²) >= 11 is 0. The van der Waals surface area contributed by atoms with Gasteiger partial charge in [-0.3, -0.25) is 9.59 Å². The van der Waals surface area contributed by atoms with E-state index in [0.29, 0.717) is 0 Å². The predicted molar refractivity (Wildman–Crippen MR) is 43.7 cm³/mol. The monoisotopic (exact) mass is 202 g/mol. The molecule has 14 heavy (non-hydrogen) atoms. The Morgan fingerprint density at radius 3 is 2.36 bits per heavy atom. The summed E-state index contributed by atoms with van der Waals surface area (Å²) in [7, 11) is 0. The lowest BCUT2D eigenvalue weighted by Gasteiger charge is -1.86. The highest BCUT2D eigenvalue weighted by Crippen LogP contribution is 2.05. The van der Waals surface area contributed by atoms with E-state index in [4.69, 9.17) is 5.11 Å². The number of aliphatic hydroxyl groups is 1. The van der Waals surface area contributed by atoms with Crippen LogP contribution in [-0.4, -0.2) is 29.1 Å². The number of hydrogen-bond donors (Lipinski definition) is 1. The summed E-state index contributed by atoms with van der Waals surface area (Å²) in [6, 6.07) is 0. The van der Waals surface area contributed by atoms with E-state index in [1.54, 1.807) is 0 Å². The van der Waals surface area contributed by atoms with Crippen molar-refractivity contribution in [3.63, 3.8) is 0 Å². The van der Waals surface area contributed by atoms with Gasteiger partial charge in [0.25, 0.3) is 0 Å². The first-order valence-electron chi connectivity index (χ1n) is 3.68. The Kier molecular flexibility index (Phi) is 5.16. The van der Waals surface area contributed by atoms with Gasteiger partial charge >= 0.3 is 17.9 Å². The number of aliphatic hydroxyl groups excluding tert-OH is 1. The van der Waals surface area contributed by atoms with Gasteiger partial charge in [0.15, 0.2) is 6.10 Å². The quantitative estimate of drug-likeness (QED) is 0.350. The zero-order chi connectivity index (χ0) is 11.1. The first-order chi connectivity index (χ1) is 6.47. The highest BCUT2D eigenvalue weighted by atomic mass is 16.6. The molecule has 0 aromatic rings. The molecular formula is C8H10O6. The highest BCUT2D eigenvalue weighted by molar-refractivity contribution is 5.95. The first kappa shape index (κ1) is 12.3. The van der Waals surface area contributed by atoms with Crippen molar-refractivity contribution in [2.45, 2.75) is 19.4 Å². The minimum absolute atomic E-state index is 0.196. The number of hydrogen-bond acceptors (Lipinski definition) is 6. The molecule has 0 aromatic carbocycles. The number of cyclic esters (lactones) is 2. The number of rotatable bonds is 1. The van der Waals surface area contributed by atoms with Crippen LogP contribution in [0.25, 0.3) is 0 Å². The van der Waals surface area contributed by atoms with Gasteiger partial charge in [-0.1, -0.05) is 6.58 Å². The maximum absolute atomic E-state index is 10.1. The molecule has 1 unspecified atom stereocenters. The van der Waals surface area contributed by atoms with E-state index in [-0.39, 0.29) is 12.4 Å². The van der Waals surface area contributed by atoms with E-state index in [9.17, 15) is 14.4 Å². The summed E-state index contributed by atoms with van der Waals surface area (Å²) in [5.41, 5.74) is 0. The average molecular weight is 202 g/mol. The summed E-state index contributed by atoms with van der Waals surface area (Å²) in [6.07, 6.45) is -0.316. The van der Waals surface area contributed by atoms with Crippen LogP contribution in [-0.2, 0) is 23.9 Å². The maximum Gasteiger partial charge on any atom is 0.343 e. The van der Waals surface area contributed by atoms with E-state index in [0.717, 1.165) is 6.26 Å². The van der Waals surface area contributed by atoms with Gasteiger partial charge in [-0.25, -0.2) is 4.79 Å². The molecule has 0 aliphatic carbocycles. The summed E-state index contributed by atoms with van der Waals surface area (Å²) < 4.78 is 8.11. The van der Waals surface area contributed by atoms with E-state index in [1.807, 2.05) is 0 Å². The Bertz CT molecular complexity index is 257. The van der Waals surface area contributed by atoms with Gasteiger partial charge in [0.1, 0.15) is 0 Å². The molecule has 0 bridgehead atoms. The molecule has 1 rings (SSSR count). The normalized spacial score (nSPS) is 19.1. The Morgan fingerprint density at radius 1 is 1.71 bits per heavy atom. The highest BCUT2D eigenvalue weighted by Gasteiger charge is 2.30. The molecule has 0 spiro atoms. The number of carbonyl (C=O) groups is 3. The van der Waals surface area contributed by atoms with E-state index in [1.165, 1.54) is 6.92 Å². The van der Waals surface area contributed by atoms with Crippen LogP contribution in [0.4, 0.5) is 0 Å². The van der Waals surface area contributed by atoms with Crippen LogP contribution in [0.2, 0.25) is 0 Å². The fourth-order valence-electron chi connectivity index (χ4n) is 0.580. The first-order valence-corrected chi connectivity index (χ1v) is 3.68. The van der Waals surface area contributed by atoms with Crippen LogP contribution in [0.15, 0.2) is 12.8 Å². The van der Waals surface area contributed by atoms with Crippen molar-refractivity contribution in [2.75, 3.05) is 0 Å². The van der Waals surface area contributed by atoms with Crippen LogP contribution in [0.3, 0.4) is 0 Å². The molecule has 1 N–H and O–H groups in total. The molecule has 1 atom stereocenters. The summed E-state index contributed by atoms with van der Waals surface area (Å²) in [5, 5.41) is 8.47. The van der Waals surface area contributed by atoms with E-state index < -0.39 is 18.0 Å². The summed E-state index contributed by atoms with van der Waals surface area (Å²) in [6.45, 7) is 4.48. The molecule has 78 valence electrons. The summed E-state index contributed by atoms with van der Waals surface area (Å²) in [4.78, 5) is 29.9. The Labute approximate surface area is 80.1 Å². The number of esters is 3. The van der Waals surface area contributed by atoms with Crippen LogP contribution in [0.1, 0.15) is 13.3 Å². The lowest BCUT2D eigenvalue weighted by Crippen LogP contribution is -2.11. The Balaban J connectivity index is 0.000000255. The maximum atomic E-state index is 10.1. The standard InChI is InChI=1S/C4H4O4.C4H6O2/c5-2-1-3(6)8-4(2)7;1-3-6-4(2)5/h2,5H,1H2;3H,1H2,2H3. The second-order valence-electron chi connectivity index (χ2n) is 2.29. The average Bonchev–Trinajstić information content (AvgIpc) is 2.30. The van der Waals surface area contributed by atoms with Crippen molar-refractivity contribution >= 4 is 17.9 Å². The van der Waals surface area contributed by atoms with Gasteiger partial charge in [-0.05, 0) is 0 Å². The van der Waals surface area contributed by atoms with Gasteiger partial charge in [0.05, 0.1) is 12.7 Å². The largest absolute Gasteiger partial charge is 0.435 e. The third-order valence-electron chi connectivity index (χ3n) is 1.10. The Hall–Kier alpha value is -1.69. The van der Waals surface area contributed by atoms with Crippen LogP contribution >= 0.6 is 0 Å². The zero-order valence-corrected chi connectivity index (χ0v) is 7.56. The van der Waals surface area contributed by atoms with Crippen LogP contribution in [0, 0.1) is 0 Å². The molecule has 1 aliphatic heterocycles. The third-order valence-corrected chi connectivity index (χ3v) is 1.10. The molecule has 0 saturated carbocycles. The van der Waals surface area contributed by atoms with Gasteiger partial charge < -0.3 is 14.6 Å². The molecule has 0 amide bonds. The second-order valence-corrected chi connectivity index (χ2v) is 2.29. The van der Waals surface area contributed by atoms with Gasteiger partial charge in [0.2, 0.25) is 0 Å². The predicted octanol–water partition coefficient (Wildman–Crippen LogP) is -0.486. The van der Waals surface area contributed by atoms with Gasteiger partial charge in [-0.2, -0.15) is 0 Å².